The molecular formula is C34H43N3O4. The summed E-state index contributed by atoms with van der Waals surface area (Å²) in [5.74, 6) is -1.03. The number of carbonyl (C=O) groups excluding carboxylic acids is 3. The summed E-state index contributed by atoms with van der Waals surface area (Å²) in [7, 11) is 1.29. The quantitative estimate of drug-likeness (QED) is 0.285. The third kappa shape index (κ3) is 9.48. The molecule has 7 nitrogen and oxygen atoms in total. The molecule has 0 radical (unpaired) electrons. The molecule has 3 amide bonds. The van der Waals surface area contributed by atoms with Crippen LogP contribution in [0.25, 0.3) is 0 Å². The van der Waals surface area contributed by atoms with E-state index in [9.17, 15) is 14.4 Å². The largest absolute Gasteiger partial charge is 0.467 e. The first-order chi connectivity index (χ1) is 19.3. The van der Waals surface area contributed by atoms with Crippen molar-refractivity contribution >= 4 is 23.6 Å². The van der Waals surface area contributed by atoms with Gasteiger partial charge in [0.05, 0.1) is 7.11 Å². The van der Waals surface area contributed by atoms with E-state index < -0.39 is 30.0 Å². The highest BCUT2D eigenvalue weighted by molar-refractivity contribution is 5.95. The number of hydrogen-bond donors (Lipinski definition) is 3. The Balaban J connectivity index is 1.84. The van der Waals surface area contributed by atoms with Crippen molar-refractivity contribution in [3.63, 3.8) is 0 Å². The topological polar surface area (TPSA) is 96.5 Å². The van der Waals surface area contributed by atoms with Crippen molar-refractivity contribution < 1.29 is 19.1 Å². The predicted molar refractivity (Wildman–Crippen MR) is 164 cm³/mol. The molecule has 2 atom stereocenters. The molecule has 0 heterocycles. The van der Waals surface area contributed by atoms with Crippen molar-refractivity contribution in [1.29, 1.82) is 0 Å². The minimum Gasteiger partial charge on any atom is -0.467 e. The van der Waals surface area contributed by atoms with Crippen molar-refractivity contribution in [2.24, 2.45) is 0 Å². The molecule has 0 aromatic heterocycles. The number of esters is 1. The number of rotatable bonds is 9. The fourth-order valence-electron chi connectivity index (χ4n) is 4.41. The predicted octanol–water partition coefficient (Wildman–Crippen LogP) is 5.91. The first-order valence-corrected chi connectivity index (χ1v) is 14.0. The van der Waals surface area contributed by atoms with Crippen molar-refractivity contribution in [3.05, 3.63) is 101 Å². The maximum atomic E-state index is 13.6. The lowest BCUT2D eigenvalue weighted by molar-refractivity contribution is -0.145. The maximum Gasteiger partial charge on any atom is 0.328 e. The van der Waals surface area contributed by atoms with Crippen LogP contribution in [-0.2, 0) is 38.0 Å². The van der Waals surface area contributed by atoms with Gasteiger partial charge in [0.25, 0.3) is 0 Å². The van der Waals surface area contributed by atoms with E-state index in [1.807, 2.05) is 72.8 Å². The number of urea groups is 1. The number of nitrogens with one attached hydrogen (secondary N) is 3. The van der Waals surface area contributed by atoms with Crippen LogP contribution in [0, 0.1) is 0 Å². The molecule has 0 aliphatic rings. The second-order valence-electron chi connectivity index (χ2n) is 12.4. The fourth-order valence-corrected chi connectivity index (χ4v) is 4.41. The molecule has 0 fully saturated rings. The second-order valence-corrected chi connectivity index (χ2v) is 12.4. The third-order valence-corrected chi connectivity index (χ3v) is 6.91. The van der Waals surface area contributed by atoms with Gasteiger partial charge in [0, 0.05) is 18.5 Å². The Bertz CT molecular complexity index is 1290. The summed E-state index contributed by atoms with van der Waals surface area (Å²) >= 11 is 0. The molecule has 0 spiro atoms. The molecule has 3 N–H and O–H groups in total. The molecule has 3 rings (SSSR count). The van der Waals surface area contributed by atoms with Gasteiger partial charge in [-0.2, -0.15) is 0 Å². The van der Waals surface area contributed by atoms with Gasteiger partial charge < -0.3 is 20.7 Å². The standard InChI is InChI=1S/C34H43N3O4/c1-33(2,3)25-20-26(34(4,5)6)22-27(21-25)35-32(40)37-28(18-23-14-10-8-11-15-23)30(38)36-29(31(39)41-7)19-24-16-12-9-13-17-24/h8-17,20-22,28-29H,18-19H2,1-7H3,(H,36,38)(H2,35,37,40)/t28-,29-/m0/s1. The van der Waals surface area contributed by atoms with Crippen LogP contribution in [-0.4, -0.2) is 37.1 Å². The summed E-state index contributed by atoms with van der Waals surface area (Å²) in [6.07, 6.45) is 0.507. The van der Waals surface area contributed by atoms with Gasteiger partial charge in [-0.1, -0.05) is 108 Å². The first kappa shape index (κ1) is 31.4. The van der Waals surface area contributed by atoms with E-state index in [1.165, 1.54) is 7.11 Å². The van der Waals surface area contributed by atoms with E-state index in [0.29, 0.717) is 5.69 Å². The number of ether oxygens (including phenoxy) is 1. The molecule has 0 saturated heterocycles. The number of methoxy groups -OCH3 is 1. The van der Waals surface area contributed by atoms with Gasteiger partial charge >= 0.3 is 12.0 Å². The highest BCUT2D eigenvalue weighted by Crippen LogP contribution is 2.32. The average molecular weight is 558 g/mol. The van der Waals surface area contributed by atoms with Crippen molar-refractivity contribution in [1.82, 2.24) is 10.6 Å². The minimum atomic E-state index is -0.937. The third-order valence-electron chi connectivity index (χ3n) is 6.91. The molecule has 3 aromatic carbocycles. The van der Waals surface area contributed by atoms with Crippen molar-refractivity contribution in [2.45, 2.75) is 77.3 Å². The van der Waals surface area contributed by atoms with E-state index in [2.05, 4.69) is 63.6 Å². The Morgan fingerprint density at radius 1 is 0.683 bits per heavy atom. The van der Waals surface area contributed by atoms with Gasteiger partial charge in [-0.3, -0.25) is 4.79 Å². The summed E-state index contributed by atoms with van der Waals surface area (Å²) < 4.78 is 4.97. The number of benzene rings is 3. The van der Waals surface area contributed by atoms with Gasteiger partial charge in [-0.25, -0.2) is 9.59 Å². The molecule has 7 heteroatoms. The SMILES string of the molecule is COC(=O)[C@H](Cc1ccccc1)NC(=O)[C@H](Cc1ccccc1)NC(=O)Nc1cc(C(C)(C)C)cc(C(C)(C)C)c1. The zero-order valence-electron chi connectivity index (χ0n) is 25.2. The van der Waals surface area contributed by atoms with Crippen LogP contribution < -0.4 is 16.0 Å². The lowest BCUT2D eigenvalue weighted by Gasteiger charge is -2.26. The van der Waals surface area contributed by atoms with Crippen molar-refractivity contribution in [2.75, 3.05) is 12.4 Å². The van der Waals surface area contributed by atoms with Gasteiger partial charge in [-0.15, -0.1) is 0 Å². The zero-order chi connectivity index (χ0) is 30.2. The number of amides is 3. The van der Waals surface area contributed by atoms with Gasteiger partial charge in [0.2, 0.25) is 5.91 Å². The summed E-state index contributed by atoms with van der Waals surface area (Å²) in [6, 6.07) is 22.6. The molecule has 0 bridgehead atoms. The first-order valence-electron chi connectivity index (χ1n) is 14.0. The number of hydrogen-bond acceptors (Lipinski definition) is 4. The Morgan fingerprint density at radius 3 is 1.59 bits per heavy atom. The van der Waals surface area contributed by atoms with Crippen molar-refractivity contribution in [3.8, 4) is 0 Å². The van der Waals surface area contributed by atoms with Gasteiger partial charge in [-0.05, 0) is 45.2 Å². The van der Waals surface area contributed by atoms with E-state index in [-0.39, 0.29) is 23.7 Å². The van der Waals surface area contributed by atoms with Crippen LogP contribution in [0.1, 0.15) is 63.8 Å². The van der Waals surface area contributed by atoms with E-state index in [4.69, 9.17) is 4.74 Å². The van der Waals surface area contributed by atoms with Gasteiger partial charge in [0.1, 0.15) is 12.1 Å². The smallest absolute Gasteiger partial charge is 0.328 e. The van der Waals surface area contributed by atoms with E-state index in [0.717, 1.165) is 22.3 Å². The summed E-state index contributed by atoms with van der Waals surface area (Å²) in [4.78, 5) is 39.5. The molecule has 0 aliphatic carbocycles. The Labute approximate surface area is 244 Å². The maximum absolute atomic E-state index is 13.6. The van der Waals surface area contributed by atoms with Crippen LogP contribution in [0.2, 0.25) is 0 Å². The lowest BCUT2D eigenvalue weighted by Crippen LogP contribution is -2.54. The number of anilines is 1. The molecule has 0 saturated carbocycles. The summed E-state index contributed by atoms with van der Waals surface area (Å²) in [5.41, 5.74) is 4.35. The van der Waals surface area contributed by atoms with E-state index >= 15 is 0 Å². The fraction of sp³-hybridized carbons (Fsp3) is 0.382. The highest BCUT2D eigenvalue weighted by Gasteiger charge is 2.28. The van der Waals surface area contributed by atoms with E-state index in [1.54, 1.807) is 0 Å². The zero-order valence-corrected chi connectivity index (χ0v) is 25.2. The summed E-state index contributed by atoms with van der Waals surface area (Å²) in [5, 5.41) is 8.59. The van der Waals surface area contributed by atoms with Crippen LogP contribution >= 0.6 is 0 Å². The molecule has 218 valence electrons. The average Bonchev–Trinajstić information content (AvgIpc) is 2.91. The van der Waals surface area contributed by atoms with Crippen LogP contribution in [0.3, 0.4) is 0 Å². The van der Waals surface area contributed by atoms with Crippen LogP contribution in [0.5, 0.6) is 0 Å². The second kappa shape index (κ2) is 13.5. The molecule has 3 aromatic rings. The number of carbonyl (C=O) groups is 3. The molecular weight excluding hydrogens is 514 g/mol. The van der Waals surface area contributed by atoms with Gasteiger partial charge in [0.15, 0.2) is 0 Å². The Kier molecular flexibility index (Phi) is 10.3. The van der Waals surface area contributed by atoms with Crippen LogP contribution in [0.15, 0.2) is 78.9 Å². The molecule has 0 aliphatic heterocycles. The monoisotopic (exact) mass is 557 g/mol. The Morgan fingerprint density at radius 2 is 1.15 bits per heavy atom. The normalized spacial score (nSPS) is 13.0. The van der Waals surface area contributed by atoms with Crippen LogP contribution in [0.4, 0.5) is 10.5 Å². The minimum absolute atomic E-state index is 0.119. The highest BCUT2D eigenvalue weighted by atomic mass is 16.5. The molecule has 41 heavy (non-hydrogen) atoms. The Hall–Kier alpha value is -4.13. The summed E-state index contributed by atoms with van der Waals surface area (Å²) in [6.45, 7) is 12.8. The lowest BCUT2D eigenvalue weighted by atomic mass is 9.80. The molecule has 0 unspecified atom stereocenters.